The van der Waals surface area contributed by atoms with Crippen molar-refractivity contribution in [1.29, 1.82) is 0 Å². The molecule has 0 spiro atoms. The molecule has 0 bridgehead atoms. The van der Waals surface area contributed by atoms with Crippen molar-refractivity contribution in [2.45, 2.75) is 6.04 Å². The Balaban J connectivity index is 1.67. The van der Waals surface area contributed by atoms with Crippen molar-refractivity contribution in [2.75, 3.05) is 26.2 Å². The van der Waals surface area contributed by atoms with Crippen LogP contribution in [0.15, 0.2) is 30.3 Å². The highest BCUT2D eigenvalue weighted by atomic mass is 15.6. The van der Waals surface area contributed by atoms with Gasteiger partial charge in [-0.3, -0.25) is 4.90 Å². The average molecular weight is 284 g/mol. The summed E-state index contributed by atoms with van der Waals surface area (Å²) in [4.78, 5) is 4.06. The lowest BCUT2D eigenvalue weighted by Gasteiger charge is -2.26. The molecule has 3 unspecified atom stereocenters. The molecule has 0 saturated carbocycles. The first-order chi connectivity index (χ1) is 10.3. The van der Waals surface area contributed by atoms with Gasteiger partial charge in [-0.15, -0.1) is 10.2 Å². The van der Waals surface area contributed by atoms with Crippen LogP contribution in [0.25, 0.3) is 0 Å². The second-order valence-corrected chi connectivity index (χ2v) is 6.08. The van der Waals surface area contributed by atoms with E-state index in [0.29, 0.717) is 0 Å². The summed E-state index contributed by atoms with van der Waals surface area (Å²) in [6, 6.07) is 10.6. The minimum atomic E-state index is 0.116. The first-order valence-corrected chi connectivity index (χ1v) is 7.55. The summed E-state index contributed by atoms with van der Waals surface area (Å²) >= 11 is 0. The highest BCUT2D eigenvalue weighted by Crippen LogP contribution is 2.35. The minimum absolute atomic E-state index is 0.116. The summed E-state index contributed by atoms with van der Waals surface area (Å²) in [5.41, 5.74) is 1.25. The van der Waals surface area contributed by atoms with Crippen LogP contribution in [0.1, 0.15) is 17.4 Å². The quantitative estimate of drug-likeness (QED) is 0.887. The van der Waals surface area contributed by atoms with E-state index < -0.39 is 0 Å². The van der Waals surface area contributed by atoms with Crippen molar-refractivity contribution in [3.8, 4) is 0 Å². The number of hydrogen-bond donors (Lipinski definition) is 1. The number of nitrogens with zero attached hydrogens (tertiary/aromatic N) is 5. The molecule has 2 saturated heterocycles. The molecule has 0 aliphatic carbocycles. The van der Waals surface area contributed by atoms with Crippen LogP contribution in [-0.4, -0.2) is 51.3 Å². The van der Waals surface area contributed by atoms with Crippen LogP contribution in [-0.2, 0) is 7.05 Å². The molecule has 6 nitrogen and oxygen atoms in total. The molecule has 4 rings (SSSR count). The second kappa shape index (κ2) is 5.20. The van der Waals surface area contributed by atoms with Crippen molar-refractivity contribution in [3.05, 3.63) is 41.7 Å². The van der Waals surface area contributed by atoms with E-state index in [1.807, 2.05) is 13.1 Å². The van der Waals surface area contributed by atoms with Gasteiger partial charge in [-0.05, 0) is 35.7 Å². The summed E-state index contributed by atoms with van der Waals surface area (Å²) < 4.78 is 0. The van der Waals surface area contributed by atoms with Gasteiger partial charge < -0.3 is 5.32 Å². The highest BCUT2D eigenvalue weighted by Gasteiger charge is 2.40. The zero-order valence-electron chi connectivity index (χ0n) is 12.2. The van der Waals surface area contributed by atoms with E-state index in [9.17, 15) is 0 Å². The summed E-state index contributed by atoms with van der Waals surface area (Å²) in [7, 11) is 1.82. The first kappa shape index (κ1) is 12.9. The van der Waals surface area contributed by atoms with Crippen LogP contribution in [0.4, 0.5) is 0 Å². The SMILES string of the molecule is Cn1nnc(C(c2ccccc2)N2CC3CNCC3C2)n1. The monoisotopic (exact) mass is 284 g/mol. The van der Waals surface area contributed by atoms with E-state index in [1.54, 1.807) is 4.80 Å². The zero-order valence-corrected chi connectivity index (χ0v) is 12.2. The fourth-order valence-corrected chi connectivity index (χ4v) is 3.67. The Morgan fingerprint density at radius 3 is 2.48 bits per heavy atom. The van der Waals surface area contributed by atoms with Gasteiger partial charge in [0, 0.05) is 13.1 Å². The Morgan fingerprint density at radius 1 is 1.14 bits per heavy atom. The van der Waals surface area contributed by atoms with Gasteiger partial charge in [0.25, 0.3) is 0 Å². The van der Waals surface area contributed by atoms with Crippen molar-refractivity contribution in [2.24, 2.45) is 18.9 Å². The van der Waals surface area contributed by atoms with Gasteiger partial charge in [-0.25, -0.2) is 0 Å². The topological polar surface area (TPSA) is 58.9 Å². The largest absolute Gasteiger partial charge is 0.316 e. The molecule has 0 radical (unpaired) electrons. The number of aryl methyl sites for hydroxylation is 1. The fraction of sp³-hybridized carbons (Fsp3) is 0.533. The van der Waals surface area contributed by atoms with E-state index in [4.69, 9.17) is 0 Å². The van der Waals surface area contributed by atoms with E-state index in [-0.39, 0.29) is 6.04 Å². The van der Waals surface area contributed by atoms with Crippen molar-refractivity contribution in [1.82, 2.24) is 30.4 Å². The normalized spacial score (nSPS) is 26.9. The number of rotatable bonds is 3. The van der Waals surface area contributed by atoms with Gasteiger partial charge in [0.2, 0.25) is 0 Å². The number of aromatic nitrogens is 4. The second-order valence-electron chi connectivity index (χ2n) is 6.08. The summed E-state index contributed by atoms with van der Waals surface area (Å²) in [6.45, 7) is 4.48. The molecule has 6 heteroatoms. The minimum Gasteiger partial charge on any atom is -0.316 e. The number of nitrogens with one attached hydrogen (secondary N) is 1. The number of hydrogen-bond acceptors (Lipinski definition) is 5. The van der Waals surface area contributed by atoms with Crippen molar-refractivity contribution < 1.29 is 0 Å². The molecule has 1 aromatic carbocycles. The molecule has 110 valence electrons. The van der Waals surface area contributed by atoms with Crippen molar-refractivity contribution in [3.63, 3.8) is 0 Å². The predicted octanol–water partition coefficient (Wildman–Crippen LogP) is 0.451. The van der Waals surface area contributed by atoms with Gasteiger partial charge in [-0.1, -0.05) is 30.3 Å². The molecule has 2 aliphatic heterocycles. The maximum Gasteiger partial charge on any atom is 0.196 e. The van der Waals surface area contributed by atoms with Gasteiger partial charge in [-0.2, -0.15) is 4.80 Å². The summed E-state index contributed by atoms with van der Waals surface area (Å²) in [5.74, 6) is 2.32. The molecular weight excluding hydrogens is 264 g/mol. The summed E-state index contributed by atoms with van der Waals surface area (Å²) in [5, 5.41) is 16.3. The van der Waals surface area contributed by atoms with Crippen LogP contribution in [0.2, 0.25) is 0 Å². The summed E-state index contributed by atoms with van der Waals surface area (Å²) in [6.07, 6.45) is 0. The van der Waals surface area contributed by atoms with Crippen LogP contribution < -0.4 is 5.32 Å². The third-order valence-corrected chi connectivity index (χ3v) is 4.67. The lowest BCUT2D eigenvalue weighted by molar-refractivity contribution is 0.251. The van der Waals surface area contributed by atoms with E-state index in [2.05, 4.69) is 49.9 Å². The molecule has 2 aliphatic rings. The first-order valence-electron chi connectivity index (χ1n) is 7.55. The van der Waals surface area contributed by atoms with E-state index >= 15 is 0 Å². The third kappa shape index (κ3) is 2.34. The van der Waals surface area contributed by atoms with Gasteiger partial charge >= 0.3 is 0 Å². The predicted molar refractivity (Wildman–Crippen MR) is 78.5 cm³/mol. The van der Waals surface area contributed by atoms with Gasteiger partial charge in [0.15, 0.2) is 5.82 Å². The van der Waals surface area contributed by atoms with Gasteiger partial charge in [0.1, 0.15) is 0 Å². The van der Waals surface area contributed by atoms with E-state index in [0.717, 1.165) is 43.8 Å². The molecule has 0 amide bonds. The maximum atomic E-state index is 4.46. The maximum absolute atomic E-state index is 4.46. The Kier molecular flexibility index (Phi) is 3.20. The lowest BCUT2D eigenvalue weighted by Crippen LogP contribution is -2.31. The molecule has 2 aromatic rings. The van der Waals surface area contributed by atoms with E-state index in [1.165, 1.54) is 5.56 Å². The average Bonchev–Trinajstić information content (AvgIpc) is 3.17. The number of fused-ring (bicyclic) bond motifs is 1. The van der Waals surface area contributed by atoms with Crippen LogP contribution in [0.5, 0.6) is 0 Å². The Labute approximate surface area is 124 Å². The lowest BCUT2D eigenvalue weighted by atomic mass is 10.0. The molecule has 3 heterocycles. The Morgan fingerprint density at radius 2 is 1.86 bits per heavy atom. The number of benzene rings is 1. The van der Waals surface area contributed by atoms with Crippen LogP contribution in [0.3, 0.4) is 0 Å². The number of tetrazole rings is 1. The molecule has 21 heavy (non-hydrogen) atoms. The number of likely N-dealkylation sites (tertiary alicyclic amines) is 1. The van der Waals surface area contributed by atoms with Crippen LogP contribution >= 0.6 is 0 Å². The smallest absolute Gasteiger partial charge is 0.196 e. The van der Waals surface area contributed by atoms with Gasteiger partial charge in [0.05, 0.1) is 13.1 Å². The van der Waals surface area contributed by atoms with Crippen molar-refractivity contribution >= 4 is 0 Å². The Bertz CT molecular complexity index is 598. The van der Waals surface area contributed by atoms with Crippen LogP contribution in [0, 0.1) is 11.8 Å². The highest BCUT2D eigenvalue weighted by molar-refractivity contribution is 5.25. The Hall–Kier alpha value is -1.79. The third-order valence-electron chi connectivity index (χ3n) is 4.67. The molecule has 3 atom stereocenters. The molecular formula is C15H20N6. The molecule has 2 fully saturated rings. The fourth-order valence-electron chi connectivity index (χ4n) is 3.67. The molecule has 1 aromatic heterocycles. The standard InChI is InChI=1S/C15H20N6/c1-20-18-15(17-19-20)14(11-5-3-2-4-6-11)21-9-12-7-16-8-13(12)10-21/h2-6,12-14,16H,7-10H2,1H3. The molecule has 1 N–H and O–H groups in total. The zero-order chi connectivity index (χ0) is 14.2.